The molecule has 0 fully saturated rings. The standard InChI is InChI=1S/C15H14N2O2S/c1-2-12-10-13-8-9-17(15(13)16-11-12)20(18,19)14-6-4-3-5-7-14/h3-11H,2H2,1H3. The zero-order valence-electron chi connectivity index (χ0n) is 11.0. The van der Waals surface area contributed by atoms with Gasteiger partial charge in [-0.3, -0.25) is 0 Å². The highest BCUT2D eigenvalue weighted by atomic mass is 32.2. The van der Waals surface area contributed by atoms with Gasteiger partial charge in [0.05, 0.1) is 4.90 Å². The molecule has 0 saturated heterocycles. The van der Waals surface area contributed by atoms with Crippen molar-refractivity contribution in [2.24, 2.45) is 0 Å². The van der Waals surface area contributed by atoms with Gasteiger partial charge >= 0.3 is 0 Å². The van der Waals surface area contributed by atoms with E-state index in [0.717, 1.165) is 17.4 Å². The van der Waals surface area contributed by atoms with Gasteiger partial charge in [0.1, 0.15) is 0 Å². The molecule has 1 aromatic carbocycles. The number of rotatable bonds is 3. The molecule has 0 bridgehead atoms. The van der Waals surface area contributed by atoms with Gasteiger partial charge in [0, 0.05) is 17.8 Å². The average molecular weight is 286 g/mol. The second-order valence-corrected chi connectivity index (χ2v) is 6.35. The third kappa shape index (κ3) is 2.00. The highest BCUT2D eigenvalue weighted by Gasteiger charge is 2.19. The van der Waals surface area contributed by atoms with E-state index in [0.29, 0.717) is 5.65 Å². The van der Waals surface area contributed by atoms with Crippen molar-refractivity contribution in [2.75, 3.05) is 0 Å². The fourth-order valence-electron chi connectivity index (χ4n) is 2.14. The Morgan fingerprint density at radius 3 is 2.60 bits per heavy atom. The van der Waals surface area contributed by atoms with E-state index in [1.807, 2.05) is 13.0 Å². The number of aryl methyl sites for hydroxylation is 1. The Bertz CT molecular complexity index is 852. The summed E-state index contributed by atoms with van der Waals surface area (Å²) in [7, 11) is -3.59. The van der Waals surface area contributed by atoms with Crippen molar-refractivity contribution in [3.63, 3.8) is 0 Å². The molecule has 0 amide bonds. The van der Waals surface area contributed by atoms with Crippen molar-refractivity contribution in [2.45, 2.75) is 18.2 Å². The smallest absolute Gasteiger partial charge is 0.237 e. The van der Waals surface area contributed by atoms with Crippen molar-refractivity contribution in [3.8, 4) is 0 Å². The minimum absolute atomic E-state index is 0.263. The van der Waals surface area contributed by atoms with Crippen LogP contribution in [0.3, 0.4) is 0 Å². The molecule has 0 unspecified atom stereocenters. The Balaban J connectivity index is 2.20. The fourth-order valence-corrected chi connectivity index (χ4v) is 3.47. The predicted octanol–water partition coefficient (Wildman–Crippen LogP) is 2.84. The first kappa shape index (κ1) is 12.9. The quantitative estimate of drug-likeness (QED) is 0.744. The van der Waals surface area contributed by atoms with Crippen LogP contribution in [0.15, 0.2) is 59.8 Å². The first-order chi connectivity index (χ1) is 9.63. The van der Waals surface area contributed by atoms with E-state index in [2.05, 4.69) is 4.98 Å². The molecule has 0 aliphatic carbocycles. The van der Waals surface area contributed by atoms with Crippen LogP contribution in [0, 0.1) is 0 Å². The maximum Gasteiger partial charge on any atom is 0.269 e. The molecule has 20 heavy (non-hydrogen) atoms. The van der Waals surface area contributed by atoms with Gasteiger partial charge < -0.3 is 0 Å². The first-order valence-corrected chi connectivity index (χ1v) is 7.83. The minimum atomic E-state index is -3.59. The van der Waals surface area contributed by atoms with Gasteiger partial charge in [-0.25, -0.2) is 17.4 Å². The highest BCUT2D eigenvalue weighted by Crippen LogP contribution is 2.21. The molecule has 102 valence electrons. The molecule has 0 saturated carbocycles. The second-order valence-electron chi connectivity index (χ2n) is 4.54. The number of hydrogen-bond acceptors (Lipinski definition) is 3. The van der Waals surface area contributed by atoms with Crippen LogP contribution in [0.25, 0.3) is 11.0 Å². The van der Waals surface area contributed by atoms with Crippen LogP contribution < -0.4 is 0 Å². The Morgan fingerprint density at radius 2 is 1.90 bits per heavy atom. The van der Waals surface area contributed by atoms with Crippen molar-refractivity contribution in [3.05, 3.63) is 60.4 Å². The number of aromatic nitrogens is 2. The van der Waals surface area contributed by atoms with Crippen molar-refractivity contribution in [1.82, 2.24) is 8.96 Å². The van der Waals surface area contributed by atoms with Gasteiger partial charge in [-0.05, 0) is 36.2 Å². The lowest BCUT2D eigenvalue weighted by Crippen LogP contribution is -2.12. The minimum Gasteiger partial charge on any atom is -0.237 e. The number of nitrogens with zero attached hydrogens (tertiary/aromatic N) is 2. The van der Waals surface area contributed by atoms with Gasteiger partial charge in [0.2, 0.25) is 0 Å². The third-order valence-corrected chi connectivity index (χ3v) is 4.94. The van der Waals surface area contributed by atoms with Crippen LogP contribution in [-0.4, -0.2) is 17.4 Å². The molecule has 0 atom stereocenters. The maximum atomic E-state index is 12.6. The molecule has 0 spiro atoms. The third-order valence-electron chi connectivity index (χ3n) is 3.26. The summed E-state index contributed by atoms with van der Waals surface area (Å²) in [5.41, 5.74) is 1.55. The van der Waals surface area contributed by atoms with Gasteiger partial charge in [0.25, 0.3) is 10.0 Å². The van der Waals surface area contributed by atoms with Crippen LogP contribution in [0.2, 0.25) is 0 Å². The fraction of sp³-hybridized carbons (Fsp3) is 0.133. The molecule has 3 rings (SSSR count). The van der Waals surface area contributed by atoms with E-state index < -0.39 is 10.0 Å². The summed E-state index contributed by atoms with van der Waals surface area (Å²) >= 11 is 0. The molecule has 5 heteroatoms. The molecular formula is C15H14N2O2S. The van der Waals surface area contributed by atoms with E-state index >= 15 is 0 Å². The summed E-state index contributed by atoms with van der Waals surface area (Å²) in [6.07, 6.45) is 4.15. The zero-order valence-corrected chi connectivity index (χ0v) is 11.8. The van der Waals surface area contributed by atoms with Crippen LogP contribution in [0.5, 0.6) is 0 Å². The molecular weight excluding hydrogens is 272 g/mol. The second kappa shape index (κ2) is 4.76. The Labute approximate surface area is 117 Å². The van der Waals surface area contributed by atoms with Gasteiger partial charge in [-0.15, -0.1) is 0 Å². The highest BCUT2D eigenvalue weighted by molar-refractivity contribution is 7.90. The maximum absolute atomic E-state index is 12.6. The lowest BCUT2D eigenvalue weighted by Gasteiger charge is -2.07. The Kier molecular flexibility index (Phi) is 3.06. The average Bonchev–Trinajstić information content (AvgIpc) is 2.91. The van der Waals surface area contributed by atoms with Gasteiger partial charge in [-0.1, -0.05) is 25.1 Å². The number of pyridine rings is 1. The molecule has 0 N–H and O–H groups in total. The normalized spacial score (nSPS) is 11.8. The molecule has 3 aromatic rings. The van der Waals surface area contributed by atoms with E-state index in [-0.39, 0.29) is 4.90 Å². The monoisotopic (exact) mass is 286 g/mol. The largest absolute Gasteiger partial charge is 0.269 e. The van der Waals surface area contributed by atoms with E-state index in [1.54, 1.807) is 48.8 Å². The topological polar surface area (TPSA) is 52.0 Å². The zero-order chi connectivity index (χ0) is 14.2. The predicted molar refractivity (Wildman–Crippen MR) is 78.1 cm³/mol. The van der Waals surface area contributed by atoms with Gasteiger partial charge in [0.15, 0.2) is 5.65 Å². The lowest BCUT2D eigenvalue weighted by molar-refractivity contribution is 0.589. The van der Waals surface area contributed by atoms with Crippen LogP contribution in [0.1, 0.15) is 12.5 Å². The summed E-state index contributed by atoms with van der Waals surface area (Å²) < 4.78 is 26.4. The molecule has 0 radical (unpaired) electrons. The summed E-state index contributed by atoms with van der Waals surface area (Å²) in [6, 6.07) is 12.1. The van der Waals surface area contributed by atoms with Gasteiger partial charge in [-0.2, -0.15) is 0 Å². The Hall–Kier alpha value is -2.14. The molecule has 2 aromatic heterocycles. The molecule has 4 nitrogen and oxygen atoms in total. The summed E-state index contributed by atoms with van der Waals surface area (Å²) in [6.45, 7) is 2.04. The van der Waals surface area contributed by atoms with E-state index in [4.69, 9.17) is 0 Å². The number of benzene rings is 1. The molecule has 0 aliphatic rings. The molecule has 2 heterocycles. The van der Waals surface area contributed by atoms with Crippen LogP contribution >= 0.6 is 0 Å². The number of fused-ring (bicyclic) bond motifs is 1. The van der Waals surface area contributed by atoms with Crippen LogP contribution in [-0.2, 0) is 16.4 Å². The van der Waals surface area contributed by atoms with E-state index in [1.165, 1.54) is 3.97 Å². The summed E-state index contributed by atoms with van der Waals surface area (Å²) in [5, 5.41) is 0.837. The molecule has 0 aliphatic heterocycles. The summed E-state index contributed by atoms with van der Waals surface area (Å²) in [4.78, 5) is 4.55. The SMILES string of the molecule is CCc1cnc2c(ccn2S(=O)(=O)c2ccccc2)c1. The van der Waals surface area contributed by atoms with Crippen molar-refractivity contribution < 1.29 is 8.42 Å². The van der Waals surface area contributed by atoms with Crippen molar-refractivity contribution >= 4 is 21.1 Å². The Morgan fingerprint density at radius 1 is 1.15 bits per heavy atom. The lowest BCUT2D eigenvalue weighted by atomic mass is 10.2. The number of hydrogen-bond donors (Lipinski definition) is 0. The van der Waals surface area contributed by atoms with Crippen molar-refractivity contribution in [1.29, 1.82) is 0 Å². The van der Waals surface area contributed by atoms with Crippen LogP contribution in [0.4, 0.5) is 0 Å². The van der Waals surface area contributed by atoms with E-state index in [9.17, 15) is 8.42 Å². The first-order valence-electron chi connectivity index (χ1n) is 6.39. The summed E-state index contributed by atoms with van der Waals surface area (Å²) in [5.74, 6) is 0.